The molecule has 0 aliphatic rings. The van der Waals surface area contributed by atoms with Crippen LogP contribution in [0.4, 0.5) is 0 Å². The second-order valence-corrected chi connectivity index (χ2v) is 9.23. The summed E-state index contributed by atoms with van der Waals surface area (Å²) in [7, 11) is 0. The highest BCUT2D eigenvalue weighted by molar-refractivity contribution is 9.10. The molecule has 8 heteroatoms. The molecule has 0 spiro atoms. The number of thioether (sulfide) groups is 1. The van der Waals surface area contributed by atoms with Gasteiger partial charge in [0, 0.05) is 15.7 Å². The normalized spacial score (nSPS) is 11.4. The van der Waals surface area contributed by atoms with Gasteiger partial charge in [0.25, 0.3) is 5.91 Å². The Kier molecular flexibility index (Phi) is 7.36. The Balaban J connectivity index is 1.51. The van der Waals surface area contributed by atoms with Crippen LogP contribution < -0.4 is 5.43 Å². The average molecular weight is 520 g/mol. The summed E-state index contributed by atoms with van der Waals surface area (Å²) in [4.78, 5) is 12.5. The Morgan fingerprint density at radius 3 is 2.39 bits per heavy atom. The number of nitrogens with one attached hydrogen (secondary N) is 1. The van der Waals surface area contributed by atoms with Gasteiger partial charge in [-0.25, -0.2) is 5.43 Å². The first-order chi connectivity index (χ1) is 16.0. The van der Waals surface area contributed by atoms with Crippen LogP contribution in [0.25, 0.3) is 17.1 Å². The molecule has 0 aliphatic heterocycles. The van der Waals surface area contributed by atoms with Crippen LogP contribution in [0.1, 0.15) is 18.1 Å². The Morgan fingerprint density at radius 1 is 1.00 bits per heavy atom. The van der Waals surface area contributed by atoms with Crippen molar-refractivity contribution in [3.05, 3.63) is 94.5 Å². The molecule has 0 bridgehead atoms. The number of carbonyl (C=O) groups is 1. The molecule has 1 aromatic heterocycles. The van der Waals surface area contributed by atoms with Crippen LogP contribution in [0.2, 0.25) is 0 Å². The zero-order chi connectivity index (χ0) is 23.2. The van der Waals surface area contributed by atoms with Gasteiger partial charge in [-0.15, -0.1) is 10.2 Å². The first-order valence-electron chi connectivity index (χ1n) is 10.3. The van der Waals surface area contributed by atoms with Crippen LogP contribution in [0.15, 0.2) is 93.6 Å². The highest BCUT2D eigenvalue weighted by Crippen LogP contribution is 2.28. The molecular formula is C25H22BrN5OS. The molecule has 0 unspecified atom stereocenters. The molecular weight excluding hydrogens is 498 g/mol. The summed E-state index contributed by atoms with van der Waals surface area (Å²) in [5.74, 6) is 0.679. The standard InChI is InChI=1S/C25H22BrN5OS/c1-17-8-14-22(15-9-17)31-24(20-6-4-3-5-7-20)29-30-25(31)33-16-23(32)28-27-18(2)19-10-12-21(26)13-11-19/h3-15H,16H2,1-2H3,(H,28,32). The number of halogens is 1. The predicted octanol–water partition coefficient (Wildman–Crippen LogP) is 5.64. The van der Waals surface area contributed by atoms with Gasteiger partial charge in [-0.3, -0.25) is 9.36 Å². The third-order valence-electron chi connectivity index (χ3n) is 4.90. The quantitative estimate of drug-likeness (QED) is 0.195. The second-order valence-electron chi connectivity index (χ2n) is 7.37. The highest BCUT2D eigenvalue weighted by Gasteiger charge is 2.17. The predicted molar refractivity (Wildman–Crippen MR) is 137 cm³/mol. The topological polar surface area (TPSA) is 72.2 Å². The average Bonchev–Trinajstić information content (AvgIpc) is 3.26. The number of aryl methyl sites for hydroxylation is 1. The van der Waals surface area contributed by atoms with Gasteiger partial charge in [0.05, 0.1) is 11.5 Å². The summed E-state index contributed by atoms with van der Waals surface area (Å²) < 4.78 is 2.97. The minimum atomic E-state index is -0.212. The van der Waals surface area contributed by atoms with Crippen molar-refractivity contribution in [3.8, 4) is 17.1 Å². The first-order valence-corrected chi connectivity index (χ1v) is 12.1. The van der Waals surface area contributed by atoms with Crippen molar-refractivity contribution in [2.75, 3.05) is 5.75 Å². The van der Waals surface area contributed by atoms with Crippen molar-refractivity contribution >= 4 is 39.3 Å². The van der Waals surface area contributed by atoms with Gasteiger partial charge in [-0.1, -0.05) is 87.9 Å². The second kappa shape index (κ2) is 10.6. The van der Waals surface area contributed by atoms with Gasteiger partial charge in [0.2, 0.25) is 0 Å². The van der Waals surface area contributed by atoms with E-state index in [1.165, 1.54) is 17.3 Å². The summed E-state index contributed by atoms with van der Waals surface area (Å²) in [6.45, 7) is 3.90. The van der Waals surface area contributed by atoms with Crippen molar-refractivity contribution in [2.24, 2.45) is 5.10 Å². The molecule has 0 atom stereocenters. The number of hydrogen-bond donors (Lipinski definition) is 1. The van der Waals surface area contributed by atoms with Crippen LogP contribution in [-0.4, -0.2) is 32.1 Å². The molecule has 0 saturated heterocycles. The summed E-state index contributed by atoms with van der Waals surface area (Å²) in [5, 5.41) is 13.6. The zero-order valence-corrected chi connectivity index (χ0v) is 20.6. The largest absolute Gasteiger partial charge is 0.272 e. The van der Waals surface area contributed by atoms with Crippen LogP contribution in [0.5, 0.6) is 0 Å². The summed E-state index contributed by atoms with van der Waals surface area (Å²) in [6, 6.07) is 25.8. The van der Waals surface area contributed by atoms with Gasteiger partial charge in [-0.2, -0.15) is 5.10 Å². The van der Waals surface area contributed by atoms with Gasteiger partial charge in [0.15, 0.2) is 11.0 Å². The van der Waals surface area contributed by atoms with Gasteiger partial charge < -0.3 is 0 Å². The molecule has 0 aliphatic carbocycles. The van der Waals surface area contributed by atoms with E-state index >= 15 is 0 Å². The molecule has 0 radical (unpaired) electrons. The van der Waals surface area contributed by atoms with Gasteiger partial charge in [0.1, 0.15) is 0 Å². The lowest BCUT2D eigenvalue weighted by Crippen LogP contribution is -2.21. The summed E-state index contributed by atoms with van der Waals surface area (Å²) in [6.07, 6.45) is 0. The molecule has 0 saturated carbocycles. The van der Waals surface area contributed by atoms with Crippen molar-refractivity contribution in [1.29, 1.82) is 0 Å². The molecule has 4 rings (SSSR count). The van der Waals surface area contributed by atoms with Gasteiger partial charge in [-0.05, 0) is 43.7 Å². The van der Waals surface area contributed by atoms with Crippen molar-refractivity contribution in [3.63, 3.8) is 0 Å². The van der Waals surface area contributed by atoms with E-state index < -0.39 is 0 Å². The molecule has 166 valence electrons. The minimum Gasteiger partial charge on any atom is -0.272 e. The SMILES string of the molecule is CC(=NNC(=O)CSc1nnc(-c2ccccc2)n1-c1ccc(C)cc1)c1ccc(Br)cc1. The number of nitrogens with zero attached hydrogens (tertiary/aromatic N) is 4. The number of benzene rings is 3. The monoisotopic (exact) mass is 519 g/mol. The van der Waals surface area contributed by atoms with Crippen LogP contribution in [-0.2, 0) is 4.79 Å². The van der Waals surface area contributed by atoms with Crippen molar-refractivity contribution in [1.82, 2.24) is 20.2 Å². The maximum atomic E-state index is 12.5. The van der Waals surface area contributed by atoms with E-state index in [2.05, 4.69) is 36.7 Å². The Labute approximate surface area is 205 Å². The number of rotatable bonds is 7. The lowest BCUT2D eigenvalue weighted by atomic mass is 10.1. The maximum absolute atomic E-state index is 12.5. The number of hydrogen-bond acceptors (Lipinski definition) is 5. The number of hydrazone groups is 1. The number of aromatic nitrogens is 3. The van der Waals surface area contributed by atoms with E-state index in [-0.39, 0.29) is 11.7 Å². The van der Waals surface area contributed by atoms with Crippen LogP contribution in [0, 0.1) is 6.92 Å². The van der Waals surface area contributed by atoms with E-state index in [0.717, 1.165) is 32.8 Å². The minimum absolute atomic E-state index is 0.163. The summed E-state index contributed by atoms with van der Waals surface area (Å²) >= 11 is 4.74. The molecule has 4 aromatic rings. The lowest BCUT2D eigenvalue weighted by Gasteiger charge is -2.10. The highest BCUT2D eigenvalue weighted by atomic mass is 79.9. The number of amides is 1. The van der Waals surface area contributed by atoms with Crippen LogP contribution in [0.3, 0.4) is 0 Å². The lowest BCUT2D eigenvalue weighted by molar-refractivity contribution is -0.118. The molecule has 3 aromatic carbocycles. The zero-order valence-electron chi connectivity index (χ0n) is 18.2. The summed E-state index contributed by atoms with van der Waals surface area (Å²) in [5.41, 5.74) is 7.37. The molecule has 33 heavy (non-hydrogen) atoms. The third-order valence-corrected chi connectivity index (χ3v) is 6.36. The van der Waals surface area contributed by atoms with E-state index in [0.29, 0.717) is 5.16 Å². The van der Waals surface area contributed by atoms with Crippen molar-refractivity contribution in [2.45, 2.75) is 19.0 Å². The Hall–Kier alpha value is -3.23. The fourth-order valence-corrected chi connectivity index (χ4v) is 4.14. The smallest absolute Gasteiger partial charge is 0.250 e. The molecule has 0 fully saturated rings. The third kappa shape index (κ3) is 5.77. The Morgan fingerprint density at radius 2 is 1.70 bits per heavy atom. The molecule has 1 amide bonds. The number of carbonyl (C=O) groups excluding carboxylic acids is 1. The van der Waals surface area contributed by atoms with Crippen molar-refractivity contribution < 1.29 is 4.79 Å². The van der Waals surface area contributed by atoms with E-state index in [1.54, 1.807) is 0 Å². The van der Waals surface area contributed by atoms with E-state index in [4.69, 9.17) is 0 Å². The van der Waals surface area contributed by atoms with Crippen LogP contribution >= 0.6 is 27.7 Å². The molecule has 6 nitrogen and oxygen atoms in total. The van der Waals surface area contributed by atoms with E-state index in [9.17, 15) is 4.79 Å². The fraction of sp³-hybridized carbons (Fsp3) is 0.120. The fourth-order valence-electron chi connectivity index (χ4n) is 3.13. The maximum Gasteiger partial charge on any atom is 0.250 e. The van der Waals surface area contributed by atoms with Gasteiger partial charge >= 0.3 is 0 Å². The molecule has 1 heterocycles. The van der Waals surface area contributed by atoms with E-state index in [1.807, 2.05) is 97.3 Å². The first kappa shape index (κ1) is 22.9. The Bertz CT molecular complexity index is 1270. The molecule has 1 N–H and O–H groups in total.